The zero-order valence-corrected chi connectivity index (χ0v) is 19.0. The second-order valence-corrected chi connectivity index (χ2v) is 6.71. The fourth-order valence-corrected chi connectivity index (χ4v) is 3.09. The molecule has 0 atom stereocenters. The molecule has 0 radical (unpaired) electrons. The van der Waals surface area contributed by atoms with Gasteiger partial charge in [-0.2, -0.15) is 0 Å². The normalized spacial score (nSPS) is 10.4. The lowest BCUT2D eigenvalue weighted by molar-refractivity contribution is 0.0965. The molecule has 31 heavy (non-hydrogen) atoms. The molecule has 0 fully saturated rings. The average molecular weight is 444 g/mol. The number of ether oxygens (including phenoxy) is 3. The van der Waals surface area contributed by atoms with Crippen LogP contribution in [-0.4, -0.2) is 40.0 Å². The molecule has 166 valence electrons. The summed E-state index contributed by atoms with van der Waals surface area (Å²) < 4.78 is 16.1. The molecule has 0 bridgehead atoms. The average Bonchev–Trinajstić information content (AvgIpc) is 2.83. The SMILES string of the molecule is C#C.COc1cc(NCc2ccc(C(=O)N/C(=C/SC)CN)cc2)cc(OC)c1OC. The highest BCUT2D eigenvalue weighted by Gasteiger charge is 2.13. The molecule has 0 aliphatic heterocycles. The van der Waals surface area contributed by atoms with Crippen molar-refractivity contribution in [3.05, 3.63) is 58.6 Å². The fraction of sp³-hybridized carbons (Fsp3) is 0.261. The van der Waals surface area contributed by atoms with Crippen molar-refractivity contribution in [2.24, 2.45) is 5.73 Å². The van der Waals surface area contributed by atoms with E-state index in [2.05, 4.69) is 23.5 Å². The summed E-state index contributed by atoms with van der Waals surface area (Å²) in [5, 5.41) is 7.97. The van der Waals surface area contributed by atoms with E-state index in [9.17, 15) is 4.79 Å². The van der Waals surface area contributed by atoms with Gasteiger partial charge in [-0.25, -0.2) is 0 Å². The van der Waals surface area contributed by atoms with Crippen LogP contribution < -0.4 is 30.6 Å². The summed E-state index contributed by atoms with van der Waals surface area (Å²) >= 11 is 1.50. The van der Waals surface area contributed by atoms with Crippen molar-refractivity contribution in [2.75, 3.05) is 39.4 Å². The first-order valence-corrected chi connectivity index (χ1v) is 10.5. The van der Waals surface area contributed by atoms with Crippen molar-refractivity contribution >= 4 is 23.4 Å². The summed E-state index contributed by atoms with van der Waals surface area (Å²) in [6.07, 6.45) is 9.91. The van der Waals surface area contributed by atoms with E-state index in [0.717, 1.165) is 11.3 Å². The molecular weight excluding hydrogens is 414 g/mol. The molecule has 2 rings (SSSR count). The van der Waals surface area contributed by atoms with Crippen LogP contribution in [0.5, 0.6) is 17.2 Å². The van der Waals surface area contributed by atoms with Crippen LogP contribution in [0.3, 0.4) is 0 Å². The van der Waals surface area contributed by atoms with Gasteiger partial charge in [-0.05, 0) is 29.4 Å². The largest absolute Gasteiger partial charge is 0.493 e. The highest BCUT2D eigenvalue weighted by Crippen LogP contribution is 2.40. The Morgan fingerprint density at radius 3 is 2.10 bits per heavy atom. The molecule has 0 saturated carbocycles. The number of methoxy groups -OCH3 is 3. The number of benzene rings is 2. The van der Waals surface area contributed by atoms with E-state index in [1.807, 2.05) is 35.9 Å². The fourth-order valence-electron chi connectivity index (χ4n) is 2.65. The molecule has 4 N–H and O–H groups in total. The number of carbonyl (C=O) groups excluding carboxylic acids is 1. The highest BCUT2D eigenvalue weighted by molar-refractivity contribution is 8.01. The number of thioether (sulfide) groups is 1. The van der Waals surface area contributed by atoms with Crippen molar-refractivity contribution < 1.29 is 19.0 Å². The third-order valence-corrected chi connectivity index (χ3v) is 4.65. The summed E-state index contributed by atoms with van der Waals surface area (Å²) in [7, 11) is 4.73. The maximum absolute atomic E-state index is 12.3. The second-order valence-electron chi connectivity index (χ2n) is 6.00. The number of terminal acetylenes is 1. The molecule has 8 heteroatoms. The maximum Gasteiger partial charge on any atom is 0.255 e. The Bertz CT molecular complexity index is 870. The minimum atomic E-state index is -0.181. The van der Waals surface area contributed by atoms with Crippen molar-refractivity contribution in [1.29, 1.82) is 0 Å². The van der Waals surface area contributed by atoms with E-state index >= 15 is 0 Å². The number of hydrogen-bond donors (Lipinski definition) is 3. The highest BCUT2D eigenvalue weighted by atomic mass is 32.2. The van der Waals surface area contributed by atoms with Crippen LogP contribution in [0, 0.1) is 12.8 Å². The van der Waals surface area contributed by atoms with Crippen LogP contribution in [0.2, 0.25) is 0 Å². The van der Waals surface area contributed by atoms with Crippen molar-refractivity contribution in [2.45, 2.75) is 6.54 Å². The van der Waals surface area contributed by atoms with Crippen molar-refractivity contribution in [3.8, 4) is 30.1 Å². The Balaban J connectivity index is 0.00000233. The summed E-state index contributed by atoms with van der Waals surface area (Å²) in [5.74, 6) is 1.52. The number of nitrogens with two attached hydrogens (primary N) is 1. The standard InChI is InChI=1S/C21H27N3O4S.C2H2/c1-26-18-9-16(10-19(27-2)20(18)28-3)23-12-14-5-7-15(8-6-14)21(25)24-17(11-22)13-29-4;1-2/h5-10,13,23H,11-12,22H2,1-4H3,(H,24,25);1-2H/b17-13+;. The van der Waals surface area contributed by atoms with Gasteiger partial charge in [-0.1, -0.05) is 12.1 Å². The molecule has 2 aromatic rings. The molecule has 0 spiro atoms. The molecule has 2 aromatic carbocycles. The lowest BCUT2D eigenvalue weighted by Gasteiger charge is -2.15. The third-order valence-electron chi connectivity index (χ3n) is 4.13. The van der Waals surface area contributed by atoms with E-state index in [1.165, 1.54) is 11.8 Å². The number of carbonyl (C=O) groups is 1. The molecule has 1 amide bonds. The molecular formula is C23H29N3O4S. The van der Waals surface area contributed by atoms with Crippen LogP contribution in [0.15, 0.2) is 47.5 Å². The molecule has 0 unspecified atom stereocenters. The summed E-state index contributed by atoms with van der Waals surface area (Å²) in [6.45, 7) is 0.852. The van der Waals surface area contributed by atoms with Crippen molar-refractivity contribution in [3.63, 3.8) is 0 Å². The first-order valence-electron chi connectivity index (χ1n) is 9.25. The number of nitrogens with one attached hydrogen (secondary N) is 2. The van der Waals surface area contributed by atoms with Crippen LogP contribution in [0.4, 0.5) is 5.69 Å². The molecule has 0 aromatic heterocycles. The van der Waals surface area contributed by atoms with Crippen LogP contribution in [0.25, 0.3) is 0 Å². The van der Waals surface area contributed by atoms with E-state index < -0.39 is 0 Å². The smallest absolute Gasteiger partial charge is 0.255 e. The lowest BCUT2D eigenvalue weighted by Crippen LogP contribution is -2.26. The number of rotatable bonds is 10. The second kappa shape index (κ2) is 13.9. The van der Waals surface area contributed by atoms with E-state index in [4.69, 9.17) is 19.9 Å². The summed E-state index contributed by atoms with van der Waals surface area (Å²) in [5.41, 5.74) is 8.75. The first-order chi connectivity index (χ1) is 15.1. The Kier molecular flexibility index (Phi) is 11.5. The zero-order chi connectivity index (χ0) is 23.2. The lowest BCUT2D eigenvalue weighted by atomic mass is 10.1. The third kappa shape index (κ3) is 7.48. The van der Waals surface area contributed by atoms with Gasteiger partial charge in [-0.15, -0.1) is 24.6 Å². The Morgan fingerprint density at radius 1 is 1.06 bits per heavy atom. The van der Waals surface area contributed by atoms with Gasteiger partial charge in [0.15, 0.2) is 11.5 Å². The summed E-state index contributed by atoms with van der Waals surface area (Å²) in [4.78, 5) is 12.3. The van der Waals surface area contributed by atoms with E-state index in [1.54, 1.807) is 33.5 Å². The maximum atomic E-state index is 12.3. The van der Waals surface area contributed by atoms with Gasteiger partial charge in [0.2, 0.25) is 5.75 Å². The number of anilines is 1. The van der Waals surface area contributed by atoms with E-state index in [-0.39, 0.29) is 12.5 Å². The van der Waals surface area contributed by atoms with Gasteiger partial charge in [0, 0.05) is 42.2 Å². The monoisotopic (exact) mass is 443 g/mol. The Hall–Kier alpha value is -3.28. The van der Waals surface area contributed by atoms with E-state index in [0.29, 0.717) is 35.1 Å². The first kappa shape index (κ1) is 25.8. The summed E-state index contributed by atoms with van der Waals surface area (Å²) in [6, 6.07) is 11.1. The van der Waals surface area contributed by atoms with Crippen LogP contribution in [-0.2, 0) is 6.54 Å². The zero-order valence-electron chi connectivity index (χ0n) is 18.2. The predicted octanol–water partition coefficient (Wildman–Crippen LogP) is 3.47. The number of hydrogen-bond acceptors (Lipinski definition) is 7. The number of amides is 1. The van der Waals surface area contributed by atoms with Gasteiger partial charge >= 0.3 is 0 Å². The Labute approximate surface area is 188 Å². The molecule has 0 heterocycles. The van der Waals surface area contributed by atoms with Gasteiger partial charge in [0.1, 0.15) is 0 Å². The molecule has 0 saturated heterocycles. The molecule has 0 aliphatic carbocycles. The molecule has 7 nitrogen and oxygen atoms in total. The quantitative estimate of drug-likeness (QED) is 0.484. The van der Waals surface area contributed by atoms with Gasteiger partial charge in [-0.3, -0.25) is 4.79 Å². The minimum Gasteiger partial charge on any atom is -0.493 e. The van der Waals surface area contributed by atoms with Crippen LogP contribution in [0.1, 0.15) is 15.9 Å². The minimum absolute atomic E-state index is 0.181. The van der Waals surface area contributed by atoms with Crippen molar-refractivity contribution in [1.82, 2.24) is 5.32 Å². The molecule has 0 aliphatic rings. The Morgan fingerprint density at radius 2 is 1.65 bits per heavy atom. The predicted molar refractivity (Wildman–Crippen MR) is 128 cm³/mol. The topological polar surface area (TPSA) is 94.8 Å². The van der Waals surface area contributed by atoms with Crippen LogP contribution >= 0.6 is 11.8 Å². The van der Waals surface area contributed by atoms with Gasteiger partial charge in [0.25, 0.3) is 5.91 Å². The van der Waals surface area contributed by atoms with Gasteiger partial charge in [0.05, 0.1) is 21.3 Å². The van der Waals surface area contributed by atoms with Gasteiger partial charge < -0.3 is 30.6 Å².